The Morgan fingerprint density at radius 2 is 2.08 bits per heavy atom. The Kier molecular flexibility index (Phi) is 1.92. The van der Waals surface area contributed by atoms with Crippen molar-refractivity contribution in [3.63, 3.8) is 0 Å². The lowest BCUT2D eigenvalue weighted by Gasteiger charge is -2.02. The third-order valence-electron chi connectivity index (χ3n) is 2.78. The molecule has 0 nitrogen and oxygen atoms in total. The van der Waals surface area contributed by atoms with Gasteiger partial charge in [0.15, 0.2) is 0 Å². The third-order valence-corrected chi connectivity index (χ3v) is 4.88. The molecule has 64 valence electrons. The summed E-state index contributed by atoms with van der Waals surface area (Å²) in [5, 5.41) is 2.19. The molecule has 0 radical (unpaired) electrons. The first-order valence-electron chi connectivity index (χ1n) is 4.07. The fourth-order valence-electron chi connectivity index (χ4n) is 1.75. The molecule has 1 aromatic rings. The summed E-state index contributed by atoms with van der Waals surface area (Å²) >= 11 is 5.45. The van der Waals surface area contributed by atoms with Gasteiger partial charge in [-0.1, -0.05) is 12.5 Å². The molecule has 12 heavy (non-hydrogen) atoms. The van der Waals surface area contributed by atoms with E-state index in [0.717, 1.165) is 0 Å². The van der Waals surface area contributed by atoms with Crippen molar-refractivity contribution in [2.24, 2.45) is 0 Å². The molecule has 0 bridgehead atoms. The van der Waals surface area contributed by atoms with Gasteiger partial charge in [-0.3, -0.25) is 0 Å². The minimum atomic E-state index is 0.635. The molecule has 1 heterocycles. The molecule has 1 aliphatic rings. The van der Waals surface area contributed by atoms with Crippen LogP contribution in [0.1, 0.15) is 37.1 Å². The topological polar surface area (TPSA) is 0 Å². The average molecular weight is 243 g/mol. The molecule has 1 aromatic heterocycles. The second-order valence-electron chi connectivity index (χ2n) is 3.35. The maximum absolute atomic E-state index is 3.59. The van der Waals surface area contributed by atoms with Crippen molar-refractivity contribution in [2.45, 2.75) is 26.7 Å². The molecule has 2 rings (SSSR count). The van der Waals surface area contributed by atoms with Crippen molar-refractivity contribution in [1.29, 1.82) is 0 Å². The van der Waals surface area contributed by atoms with Gasteiger partial charge in [-0.05, 0) is 35.4 Å². The largest absolute Gasteiger partial charge is 0.146 e. The number of rotatable bonds is 0. The van der Waals surface area contributed by atoms with Crippen molar-refractivity contribution in [3.05, 3.63) is 25.9 Å². The highest BCUT2D eigenvalue weighted by Crippen LogP contribution is 2.47. The number of thiophene rings is 1. The predicted octanol–water partition coefficient (Wildman–Crippen LogP) is 4.42. The van der Waals surface area contributed by atoms with Crippen molar-refractivity contribution in [2.75, 3.05) is 0 Å². The predicted molar refractivity (Wildman–Crippen MR) is 58.7 cm³/mol. The third kappa shape index (κ3) is 0.944. The van der Waals surface area contributed by atoms with Crippen LogP contribution in [-0.2, 0) is 0 Å². The highest BCUT2D eigenvalue weighted by atomic mass is 79.9. The molecular formula is C10H11BrS. The van der Waals surface area contributed by atoms with E-state index in [1.807, 2.05) is 11.3 Å². The molecule has 1 unspecified atom stereocenters. The van der Waals surface area contributed by atoms with Crippen LogP contribution < -0.4 is 0 Å². The van der Waals surface area contributed by atoms with E-state index in [2.05, 4.69) is 42.1 Å². The molecular weight excluding hydrogens is 232 g/mol. The van der Waals surface area contributed by atoms with Crippen LogP contribution in [0.15, 0.2) is 15.4 Å². The van der Waals surface area contributed by atoms with Gasteiger partial charge in [0.1, 0.15) is 0 Å². The van der Waals surface area contributed by atoms with Crippen LogP contribution in [0.5, 0.6) is 0 Å². The highest BCUT2D eigenvalue weighted by Gasteiger charge is 2.26. The molecule has 0 aromatic carbocycles. The quantitative estimate of drug-likeness (QED) is 0.632. The minimum absolute atomic E-state index is 0.635. The van der Waals surface area contributed by atoms with E-state index in [1.54, 1.807) is 0 Å². The van der Waals surface area contributed by atoms with E-state index < -0.39 is 0 Å². The lowest BCUT2D eigenvalue weighted by Crippen LogP contribution is -1.84. The highest BCUT2D eigenvalue weighted by molar-refractivity contribution is 9.10. The van der Waals surface area contributed by atoms with Gasteiger partial charge in [-0.15, -0.1) is 11.3 Å². The second-order valence-corrected chi connectivity index (χ2v) is 5.12. The summed E-state index contributed by atoms with van der Waals surface area (Å²) in [4.78, 5) is 1.52. The Hall–Kier alpha value is -0.0800. The standard InChI is InChI=1S/C10H11BrS/c1-5-6(2)9-8(11)4-12-10(9)7(5)3/h4,7H,1-3H3. The summed E-state index contributed by atoms with van der Waals surface area (Å²) in [6.07, 6.45) is 0. The molecule has 0 fully saturated rings. The number of halogens is 1. The normalized spacial score (nSPS) is 21.8. The summed E-state index contributed by atoms with van der Waals surface area (Å²) < 4.78 is 1.27. The number of hydrogen-bond acceptors (Lipinski definition) is 1. The molecule has 0 spiro atoms. The summed E-state index contributed by atoms with van der Waals surface area (Å²) in [5.41, 5.74) is 4.44. The van der Waals surface area contributed by atoms with Crippen molar-refractivity contribution < 1.29 is 0 Å². The van der Waals surface area contributed by atoms with Crippen molar-refractivity contribution >= 4 is 32.8 Å². The van der Waals surface area contributed by atoms with Crippen LogP contribution >= 0.6 is 27.3 Å². The van der Waals surface area contributed by atoms with Crippen LogP contribution in [-0.4, -0.2) is 0 Å². The summed E-state index contributed by atoms with van der Waals surface area (Å²) in [7, 11) is 0. The first-order chi connectivity index (χ1) is 5.63. The van der Waals surface area contributed by atoms with Crippen LogP contribution in [0.4, 0.5) is 0 Å². The van der Waals surface area contributed by atoms with Crippen LogP contribution in [0.25, 0.3) is 5.57 Å². The van der Waals surface area contributed by atoms with E-state index >= 15 is 0 Å². The maximum atomic E-state index is 3.59. The molecule has 1 atom stereocenters. The molecule has 0 N–H and O–H groups in total. The van der Waals surface area contributed by atoms with E-state index in [4.69, 9.17) is 0 Å². The van der Waals surface area contributed by atoms with Crippen molar-refractivity contribution in [1.82, 2.24) is 0 Å². The van der Waals surface area contributed by atoms with Gasteiger partial charge in [0.25, 0.3) is 0 Å². The zero-order valence-electron chi connectivity index (χ0n) is 7.44. The fourth-order valence-corrected chi connectivity index (χ4v) is 3.78. The monoisotopic (exact) mass is 242 g/mol. The van der Waals surface area contributed by atoms with Gasteiger partial charge in [0.05, 0.1) is 0 Å². The molecule has 2 heteroatoms. The van der Waals surface area contributed by atoms with Crippen LogP contribution in [0.2, 0.25) is 0 Å². The zero-order chi connectivity index (χ0) is 8.88. The SMILES string of the molecule is CC1=C(C)C(C)c2scc(Br)c21. The van der Waals surface area contributed by atoms with Crippen molar-refractivity contribution in [3.8, 4) is 0 Å². The van der Waals surface area contributed by atoms with E-state index in [-0.39, 0.29) is 0 Å². The lowest BCUT2D eigenvalue weighted by molar-refractivity contribution is 0.942. The number of hydrogen-bond donors (Lipinski definition) is 0. The number of fused-ring (bicyclic) bond motifs is 1. The zero-order valence-corrected chi connectivity index (χ0v) is 9.84. The Labute approximate surface area is 85.4 Å². The van der Waals surface area contributed by atoms with Crippen LogP contribution in [0.3, 0.4) is 0 Å². The molecule has 0 aliphatic heterocycles. The Morgan fingerprint density at radius 1 is 1.42 bits per heavy atom. The van der Waals surface area contributed by atoms with E-state index in [1.165, 1.54) is 26.1 Å². The lowest BCUT2D eigenvalue weighted by atomic mass is 10.1. The first kappa shape index (κ1) is 8.52. The maximum Gasteiger partial charge on any atom is 0.0360 e. The van der Waals surface area contributed by atoms with Gasteiger partial charge in [-0.2, -0.15) is 0 Å². The van der Waals surface area contributed by atoms with Gasteiger partial charge < -0.3 is 0 Å². The molecule has 0 saturated carbocycles. The summed E-state index contributed by atoms with van der Waals surface area (Å²) in [6.45, 7) is 6.74. The number of allylic oxidation sites excluding steroid dienone is 2. The molecule has 1 aliphatic carbocycles. The minimum Gasteiger partial charge on any atom is -0.146 e. The van der Waals surface area contributed by atoms with Gasteiger partial charge in [-0.25, -0.2) is 0 Å². The van der Waals surface area contributed by atoms with Gasteiger partial charge in [0, 0.05) is 26.2 Å². The Bertz CT molecular complexity index is 360. The van der Waals surface area contributed by atoms with Crippen LogP contribution in [0, 0.1) is 0 Å². The smallest absolute Gasteiger partial charge is 0.0360 e. The second kappa shape index (κ2) is 2.71. The molecule has 0 saturated heterocycles. The fraction of sp³-hybridized carbons (Fsp3) is 0.400. The van der Waals surface area contributed by atoms with Gasteiger partial charge >= 0.3 is 0 Å². The first-order valence-corrected chi connectivity index (χ1v) is 5.74. The molecule has 0 amide bonds. The average Bonchev–Trinajstić information content (AvgIpc) is 2.51. The Balaban J connectivity index is 2.68. The van der Waals surface area contributed by atoms with E-state index in [0.29, 0.717) is 5.92 Å². The van der Waals surface area contributed by atoms with E-state index in [9.17, 15) is 0 Å². The summed E-state index contributed by atoms with van der Waals surface area (Å²) in [5.74, 6) is 0.635. The van der Waals surface area contributed by atoms with Gasteiger partial charge in [0.2, 0.25) is 0 Å². The summed E-state index contributed by atoms with van der Waals surface area (Å²) in [6, 6.07) is 0. The Morgan fingerprint density at radius 3 is 2.67 bits per heavy atom.